The normalized spacial score (nSPS) is 9.27. The van der Waals surface area contributed by atoms with Crippen molar-refractivity contribution >= 4 is 18.9 Å². The monoisotopic (exact) mass is 226 g/mol. The molecule has 15 heavy (non-hydrogen) atoms. The van der Waals surface area contributed by atoms with Crippen LogP contribution in [0, 0.1) is 23.5 Å². The third-order valence-electron chi connectivity index (χ3n) is 1.67. The van der Waals surface area contributed by atoms with Gasteiger partial charge in [-0.15, -0.1) is 0 Å². The Hall–Kier alpha value is -1.34. The van der Waals surface area contributed by atoms with Crippen molar-refractivity contribution in [2.24, 2.45) is 0 Å². The maximum Gasteiger partial charge on any atom is 0.153 e. The maximum atomic E-state index is 13.2. The van der Waals surface area contributed by atoms with Gasteiger partial charge in [-0.3, -0.25) is 4.79 Å². The zero-order valence-electron chi connectivity index (χ0n) is 7.76. The van der Waals surface area contributed by atoms with Crippen molar-refractivity contribution in [2.75, 3.05) is 5.75 Å². The van der Waals surface area contributed by atoms with Crippen molar-refractivity contribution in [3.63, 3.8) is 0 Å². The van der Waals surface area contributed by atoms with Gasteiger partial charge in [0.15, 0.2) is 6.29 Å². The number of benzene rings is 1. The molecule has 0 saturated heterocycles. The van der Waals surface area contributed by atoms with Crippen LogP contribution in [-0.2, 0) is 0 Å². The molecular weight excluding hydrogens is 218 g/mol. The van der Waals surface area contributed by atoms with Gasteiger partial charge in [-0.2, -0.15) is 12.6 Å². The molecule has 0 amide bonds. The van der Waals surface area contributed by atoms with Gasteiger partial charge in [0.1, 0.15) is 11.6 Å². The molecule has 0 aliphatic rings. The predicted molar refractivity (Wildman–Crippen MR) is 57.1 cm³/mol. The Morgan fingerprint density at radius 2 is 2.07 bits per heavy atom. The molecule has 1 rings (SSSR count). The Morgan fingerprint density at radius 3 is 2.67 bits per heavy atom. The minimum absolute atomic E-state index is 0.0418. The van der Waals surface area contributed by atoms with Crippen molar-refractivity contribution < 1.29 is 13.6 Å². The molecule has 0 aromatic heterocycles. The fourth-order valence-corrected chi connectivity index (χ4v) is 1.07. The SMILES string of the molecule is O=Cc1cc(F)c(C#CCCS)cc1F. The lowest BCUT2D eigenvalue weighted by Crippen LogP contribution is -1.93. The minimum atomic E-state index is -0.762. The Labute approximate surface area is 91.9 Å². The number of hydrogen-bond donors (Lipinski definition) is 1. The number of halogens is 2. The summed E-state index contributed by atoms with van der Waals surface area (Å²) in [7, 11) is 0. The van der Waals surface area contributed by atoms with Gasteiger partial charge in [-0.05, 0) is 12.1 Å². The van der Waals surface area contributed by atoms with E-state index in [9.17, 15) is 13.6 Å². The lowest BCUT2D eigenvalue weighted by Gasteiger charge is -1.97. The van der Waals surface area contributed by atoms with Gasteiger partial charge in [0, 0.05) is 12.2 Å². The molecule has 0 aliphatic heterocycles. The van der Waals surface area contributed by atoms with E-state index in [1.54, 1.807) is 0 Å². The molecule has 78 valence electrons. The molecule has 0 radical (unpaired) electrons. The van der Waals surface area contributed by atoms with Gasteiger partial charge < -0.3 is 0 Å². The predicted octanol–water partition coefficient (Wildman–Crippen LogP) is 2.45. The van der Waals surface area contributed by atoms with Crippen LogP contribution in [0.1, 0.15) is 22.3 Å². The van der Waals surface area contributed by atoms with Gasteiger partial charge in [0.2, 0.25) is 0 Å². The molecule has 1 aromatic carbocycles. The van der Waals surface area contributed by atoms with Gasteiger partial charge in [-0.25, -0.2) is 8.78 Å². The first-order chi connectivity index (χ1) is 7.19. The quantitative estimate of drug-likeness (QED) is 0.465. The van der Waals surface area contributed by atoms with Crippen LogP contribution in [0.2, 0.25) is 0 Å². The molecule has 0 N–H and O–H groups in total. The first-order valence-electron chi connectivity index (χ1n) is 4.23. The Morgan fingerprint density at radius 1 is 1.33 bits per heavy atom. The second kappa shape index (κ2) is 5.52. The fraction of sp³-hybridized carbons (Fsp3) is 0.182. The van der Waals surface area contributed by atoms with E-state index in [1.165, 1.54) is 0 Å². The highest BCUT2D eigenvalue weighted by Gasteiger charge is 2.07. The highest BCUT2D eigenvalue weighted by Crippen LogP contribution is 2.12. The summed E-state index contributed by atoms with van der Waals surface area (Å²) in [6.45, 7) is 0. The summed E-state index contributed by atoms with van der Waals surface area (Å²) in [5, 5.41) is 0. The van der Waals surface area contributed by atoms with Crippen molar-refractivity contribution in [1.82, 2.24) is 0 Å². The Balaban J connectivity index is 3.07. The summed E-state index contributed by atoms with van der Waals surface area (Å²) < 4.78 is 26.3. The molecular formula is C11H8F2OS. The molecule has 0 fully saturated rings. The molecule has 0 saturated carbocycles. The van der Waals surface area contributed by atoms with Gasteiger partial charge in [0.05, 0.1) is 11.1 Å². The van der Waals surface area contributed by atoms with E-state index in [0.29, 0.717) is 12.2 Å². The number of rotatable bonds is 2. The summed E-state index contributed by atoms with van der Waals surface area (Å²) in [6, 6.07) is 1.76. The molecule has 0 unspecified atom stereocenters. The van der Waals surface area contributed by atoms with Crippen LogP contribution in [0.3, 0.4) is 0 Å². The number of aldehydes is 1. The van der Waals surface area contributed by atoms with Crippen LogP contribution in [0.25, 0.3) is 0 Å². The Bertz CT molecular complexity index is 432. The van der Waals surface area contributed by atoms with E-state index in [0.717, 1.165) is 12.1 Å². The third-order valence-corrected chi connectivity index (χ3v) is 1.90. The van der Waals surface area contributed by atoms with Crippen LogP contribution in [-0.4, -0.2) is 12.0 Å². The summed E-state index contributed by atoms with van der Waals surface area (Å²) in [6.07, 6.45) is 0.767. The molecule has 0 bridgehead atoms. The third kappa shape index (κ3) is 3.07. The summed E-state index contributed by atoms with van der Waals surface area (Å²) >= 11 is 3.93. The zero-order valence-corrected chi connectivity index (χ0v) is 8.65. The smallest absolute Gasteiger partial charge is 0.153 e. The second-order valence-electron chi connectivity index (χ2n) is 2.75. The Kier molecular flexibility index (Phi) is 4.32. The summed E-state index contributed by atoms with van der Waals surface area (Å²) in [5.74, 6) is 4.22. The van der Waals surface area contributed by atoms with E-state index in [2.05, 4.69) is 24.5 Å². The van der Waals surface area contributed by atoms with Crippen molar-refractivity contribution in [2.45, 2.75) is 6.42 Å². The van der Waals surface area contributed by atoms with Gasteiger partial charge in [-0.1, -0.05) is 11.8 Å². The van der Waals surface area contributed by atoms with E-state index >= 15 is 0 Å². The first kappa shape index (κ1) is 11.7. The van der Waals surface area contributed by atoms with Crippen LogP contribution in [0.5, 0.6) is 0 Å². The molecule has 0 atom stereocenters. The fourth-order valence-electron chi connectivity index (χ4n) is 0.962. The highest BCUT2D eigenvalue weighted by atomic mass is 32.1. The molecule has 1 nitrogen and oxygen atoms in total. The van der Waals surface area contributed by atoms with Crippen LogP contribution in [0.4, 0.5) is 8.78 Å². The first-order valence-corrected chi connectivity index (χ1v) is 4.86. The summed E-state index contributed by atoms with van der Waals surface area (Å²) in [4.78, 5) is 10.3. The number of carbonyl (C=O) groups is 1. The topological polar surface area (TPSA) is 17.1 Å². The molecule has 0 spiro atoms. The van der Waals surface area contributed by atoms with Crippen molar-refractivity contribution in [1.29, 1.82) is 0 Å². The maximum absolute atomic E-state index is 13.2. The molecule has 4 heteroatoms. The number of thiol groups is 1. The molecule has 0 heterocycles. The average Bonchev–Trinajstić information content (AvgIpc) is 2.23. The second-order valence-corrected chi connectivity index (χ2v) is 3.19. The lowest BCUT2D eigenvalue weighted by atomic mass is 10.1. The molecule has 1 aromatic rings. The van der Waals surface area contributed by atoms with Crippen molar-refractivity contribution in [3.8, 4) is 11.8 Å². The summed E-state index contributed by atoms with van der Waals surface area (Å²) in [5.41, 5.74) is -0.341. The zero-order chi connectivity index (χ0) is 11.3. The standard InChI is InChI=1S/C11H8F2OS/c12-10-6-9(7-14)11(13)5-8(10)3-1-2-4-15/h5-7,15H,2,4H2. The van der Waals surface area contributed by atoms with Crippen LogP contribution < -0.4 is 0 Å². The minimum Gasteiger partial charge on any atom is -0.298 e. The highest BCUT2D eigenvalue weighted by molar-refractivity contribution is 7.80. The van der Waals surface area contributed by atoms with E-state index in [-0.39, 0.29) is 17.4 Å². The molecule has 0 aliphatic carbocycles. The number of carbonyl (C=O) groups excluding carboxylic acids is 1. The largest absolute Gasteiger partial charge is 0.298 e. The average molecular weight is 226 g/mol. The van der Waals surface area contributed by atoms with E-state index < -0.39 is 11.6 Å². The number of hydrogen-bond acceptors (Lipinski definition) is 2. The van der Waals surface area contributed by atoms with E-state index in [4.69, 9.17) is 0 Å². The van der Waals surface area contributed by atoms with E-state index in [1.807, 2.05) is 0 Å². The lowest BCUT2D eigenvalue weighted by molar-refractivity contribution is 0.111. The van der Waals surface area contributed by atoms with Crippen LogP contribution in [0.15, 0.2) is 12.1 Å². The van der Waals surface area contributed by atoms with Gasteiger partial charge in [0.25, 0.3) is 0 Å². The van der Waals surface area contributed by atoms with Crippen molar-refractivity contribution in [3.05, 3.63) is 34.9 Å². The van der Waals surface area contributed by atoms with Gasteiger partial charge >= 0.3 is 0 Å². The van der Waals surface area contributed by atoms with Crippen LogP contribution >= 0.6 is 12.6 Å².